The molecule has 1 aliphatic rings. The molecule has 0 aliphatic heterocycles. The van der Waals surface area contributed by atoms with Crippen LogP contribution in [0.25, 0.3) is 11.3 Å². The lowest BCUT2D eigenvalue weighted by atomic mass is 10.2. The smallest absolute Gasteiger partial charge is 0.258 e. The quantitative estimate of drug-likeness (QED) is 0.515. The summed E-state index contributed by atoms with van der Waals surface area (Å²) in [6, 6.07) is 7.22. The van der Waals surface area contributed by atoms with Gasteiger partial charge in [-0.15, -0.1) is 11.3 Å². The third kappa shape index (κ3) is 3.11. The zero-order chi connectivity index (χ0) is 19.3. The summed E-state index contributed by atoms with van der Waals surface area (Å²) in [5.41, 5.74) is 4.93. The zero-order valence-corrected chi connectivity index (χ0v) is 16.6. The van der Waals surface area contributed by atoms with Crippen molar-refractivity contribution < 1.29 is 4.74 Å². The van der Waals surface area contributed by atoms with Crippen LogP contribution in [0.15, 0.2) is 46.8 Å². The van der Waals surface area contributed by atoms with Crippen LogP contribution in [-0.2, 0) is 6.61 Å². The number of pyridine rings is 2. The van der Waals surface area contributed by atoms with Gasteiger partial charge in [0.05, 0.1) is 11.4 Å². The topological polar surface area (TPSA) is 61.4 Å². The summed E-state index contributed by atoms with van der Waals surface area (Å²) in [4.78, 5) is 21.8. The van der Waals surface area contributed by atoms with Crippen molar-refractivity contribution in [2.75, 3.05) is 0 Å². The molecule has 0 radical (unpaired) electrons. The molecule has 0 bridgehead atoms. The Labute approximate surface area is 166 Å². The van der Waals surface area contributed by atoms with E-state index in [4.69, 9.17) is 9.72 Å². The highest BCUT2D eigenvalue weighted by atomic mass is 32.1. The summed E-state index contributed by atoms with van der Waals surface area (Å²) in [7, 11) is 0. The van der Waals surface area contributed by atoms with Crippen LogP contribution in [0.3, 0.4) is 0 Å². The Kier molecular flexibility index (Phi) is 4.05. The van der Waals surface area contributed by atoms with Gasteiger partial charge in [0.25, 0.3) is 5.56 Å². The maximum atomic E-state index is 12.6. The Bertz CT molecular complexity index is 1230. The number of hydrogen-bond acceptors (Lipinski definition) is 5. The highest BCUT2D eigenvalue weighted by molar-refractivity contribution is 7.09. The van der Waals surface area contributed by atoms with Crippen molar-refractivity contribution in [2.45, 2.75) is 39.2 Å². The molecule has 6 nitrogen and oxygen atoms in total. The SMILES string of the molecule is Cc1csc(COc2ccn(-c3ccc4nc(C5CC5)c(C)n4c3)c(=O)c2)n1. The van der Waals surface area contributed by atoms with Gasteiger partial charge < -0.3 is 9.14 Å². The van der Waals surface area contributed by atoms with Crippen LogP contribution < -0.4 is 10.3 Å². The highest BCUT2D eigenvalue weighted by Crippen LogP contribution is 2.41. The van der Waals surface area contributed by atoms with Crippen LogP contribution in [-0.4, -0.2) is 18.9 Å². The minimum absolute atomic E-state index is 0.132. The van der Waals surface area contributed by atoms with Crippen LogP contribution in [0.2, 0.25) is 0 Å². The predicted octanol–water partition coefficient (Wildman–Crippen LogP) is 4.01. The number of fused-ring (bicyclic) bond motifs is 1. The van der Waals surface area contributed by atoms with Gasteiger partial charge in [0, 0.05) is 41.1 Å². The minimum atomic E-state index is -0.132. The summed E-state index contributed by atoms with van der Waals surface area (Å²) in [5.74, 6) is 1.15. The molecule has 0 aromatic carbocycles. The molecule has 0 spiro atoms. The number of thiazole rings is 1. The van der Waals surface area contributed by atoms with E-state index < -0.39 is 0 Å². The van der Waals surface area contributed by atoms with E-state index in [-0.39, 0.29) is 5.56 Å². The Morgan fingerprint density at radius 1 is 1.21 bits per heavy atom. The number of aromatic nitrogens is 4. The number of imidazole rings is 1. The predicted molar refractivity (Wildman–Crippen MR) is 109 cm³/mol. The van der Waals surface area contributed by atoms with Crippen molar-refractivity contribution in [3.63, 3.8) is 0 Å². The lowest BCUT2D eigenvalue weighted by Crippen LogP contribution is -2.17. The fraction of sp³-hybridized carbons (Fsp3) is 0.286. The van der Waals surface area contributed by atoms with Crippen LogP contribution in [0, 0.1) is 13.8 Å². The first-order chi connectivity index (χ1) is 13.6. The second kappa shape index (κ2) is 6.60. The molecule has 142 valence electrons. The van der Waals surface area contributed by atoms with Gasteiger partial charge in [-0.05, 0) is 44.9 Å². The van der Waals surface area contributed by atoms with E-state index in [0.717, 1.165) is 27.7 Å². The van der Waals surface area contributed by atoms with Crippen LogP contribution in [0.5, 0.6) is 5.75 Å². The Balaban J connectivity index is 1.42. The zero-order valence-electron chi connectivity index (χ0n) is 15.8. The first-order valence-corrected chi connectivity index (χ1v) is 10.2. The van der Waals surface area contributed by atoms with Gasteiger partial charge in [-0.2, -0.15) is 0 Å². The minimum Gasteiger partial charge on any atom is -0.486 e. The molecule has 5 rings (SSSR count). The van der Waals surface area contributed by atoms with E-state index in [1.165, 1.54) is 24.6 Å². The molecule has 1 saturated carbocycles. The average Bonchev–Trinajstić information content (AvgIpc) is 3.37. The number of nitrogens with zero attached hydrogens (tertiary/aromatic N) is 4. The second-order valence-electron chi connectivity index (χ2n) is 7.21. The Morgan fingerprint density at radius 2 is 2.07 bits per heavy atom. The molecule has 0 amide bonds. The normalized spacial score (nSPS) is 13.9. The molecule has 28 heavy (non-hydrogen) atoms. The van der Waals surface area contributed by atoms with Gasteiger partial charge in [0.1, 0.15) is 23.0 Å². The van der Waals surface area contributed by atoms with Crippen LogP contribution >= 0.6 is 11.3 Å². The molecule has 4 aromatic heterocycles. The van der Waals surface area contributed by atoms with Crippen molar-refractivity contribution in [1.29, 1.82) is 0 Å². The average molecular weight is 392 g/mol. The highest BCUT2D eigenvalue weighted by Gasteiger charge is 2.28. The Morgan fingerprint density at radius 3 is 2.79 bits per heavy atom. The maximum absolute atomic E-state index is 12.6. The summed E-state index contributed by atoms with van der Waals surface area (Å²) >= 11 is 1.56. The van der Waals surface area contributed by atoms with E-state index in [0.29, 0.717) is 18.3 Å². The van der Waals surface area contributed by atoms with Crippen molar-refractivity contribution in [3.05, 3.63) is 74.5 Å². The third-order valence-electron chi connectivity index (χ3n) is 5.04. The first kappa shape index (κ1) is 17.2. The molecule has 0 saturated heterocycles. The van der Waals surface area contributed by atoms with Gasteiger partial charge in [-0.1, -0.05) is 0 Å². The molecular formula is C21H20N4O2S. The van der Waals surface area contributed by atoms with E-state index >= 15 is 0 Å². The van der Waals surface area contributed by atoms with E-state index in [9.17, 15) is 4.79 Å². The monoisotopic (exact) mass is 392 g/mol. The molecule has 4 aromatic rings. The van der Waals surface area contributed by atoms with Crippen LogP contribution in [0.1, 0.15) is 40.8 Å². The van der Waals surface area contributed by atoms with Crippen LogP contribution in [0.4, 0.5) is 0 Å². The van der Waals surface area contributed by atoms with Gasteiger partial charge >= 0.3 is 0 Å². The summed E-state index contributed by atoms with van der Waals surface area (Å²) in [6.07, 6.45) is 6.17. The molecule has 0 N–H and O–H groups in total. The van der Waals surface area contributed by atoms with Crippen molar-refractivity contribution >= 4 is 17.0 Å². The molecule has 7 heteroatoms. The number of ether oxygens (including phenoxy) is 1. The first-order valence-electron chi connectivity index (χ1n) is 9.34. The summed E-state index contributed by atoms with van der Waals surface area (Å²) < 4.78 is 9.42. The van der Waals surface area contributed by atoms with Crippen molar-refractivity contribution in [2.24, 2.45) is 0 Å². The second-order valence-corrected chi connectivity index (χ2v) is 8.16. The largest absolute Gasteiger partial charge is 0.486 e. The van der Waals surface area contributed by atoms with Gasteiger partial charge in [-0.25, -0.2) is 9.97 Å². The molecule has 0 atom stereocenters. The maximum Gasteiger partial charge on any atom is 0.258 e. The van der Waals surface area contributed by atoms with E-state index in [1.54, 1.807) is 22.1 Å². The van der Waals surface area contributed by atoms with E-state index in [2.05, 4.69) is 16.3 Å². The molecular weight excluding hydrogens is 372 g/mol. The van der Waals surface area contributed by atoms with Crippen molar-refractivity contribution in [1.82, 2.24) is 18.9 Å². The summed E-state index contributed by atoms with van der Waals surface area (Å²) in [6.45, 7) is 4.41. The van der Waals surface area contributed by atoms with Gasteiger partial charge in [0.2, 0.25) is 0 Å². The lowest BCUT2D eigenvalue weighted by Gasteiger charge is -2.09. The van der Waals surface area contributed by atoms with Gasteiger partial charge in [0.15, 0.2) is 0 Å². The fourth-order valence-electron chi connectivity index (χ4n) is 3.43. The number of rotatable bonds is 5. The standard InChI is InChI=1S/C21H20N4O2S/c1-13-12-28-19(22-13)11-27-17-7-8-24(20(26)9-17)16-5-6-18-23-21(15-3-4-15)14(2)25(18)10-16/h5-10,12,15H,3-4,11H2,1-2H3. The molecule has 4 heterocycles. The number of aryl methyl sites for hydroxylation is 2. The number of hydrogen-bond donors (Lipinski definition) is 0. The molecule has 1 aliphatic carbocycles. The van der Waals surface area contributed by atoms with E-state index in [1.807, 2.05) is 36.7 Å². The van der Waals surface area contributed by atoms with Crippen molar-refractivity contribution in [3.8, 4) is 11.4 Å². The fourth-order valence-corrected chi connectivity index (χ4v) is 4.12. The lowest BCUT2D eigenvalue weighted by molar-refractivity contribution is 0.304. The molecule has 0 unspecified atom stereocenters. The Hall–Kier alpha value is -2.93. The van der Waals surface area contributed by atoms with Gasteiger partial charge in [-0.3, -0.25) is 9.36 Å². The summed E-state index contributed by atoms with van der Waals surface area (Å²) in [5, 5.41) is 2.88. The molecule has 1 fully saturated rings. The third-order valence-corrected chi connectivity index (χ3v) is 5.98.